The van der Waals surface area contributed by atoms with Crippen LogP contribution in [0.2, 0.25) is 0 Å². The summed E-state index contributed by atoms with van der Waals surface area (Å²) in [6.07, 6.45) is 3.41. The van der Waals surface area contributed by atoms with Gasteiger partial charge in [-0.05, 0) is 37.3 Å². The van der Waals surface area contributed by atoms with E-state index in [4.69, 9.17) is 0 Å². The van der Waals surface area contributed by atoms with E-state index in [0.717, 1.165) is 12.8 Å². The fourth-order valence-electron chi connectivity index (χ4n) is 2.86. The number of hydrogen-bond acceptors (Lipinski definition) is 1. The largest absolute Gasteiger partial charge is 0.338 e. The standard InChI is InChI=1S/C16H23NO/c1-11(2)16(18)17(4)15-7-5-6-13-9-8-12(3)10-14(13)15/h8-11,15H,5-7H2,1-4H3. The van der Waals surface area contributed by atoms with E-state index in [1.807, 2.05) is 25.8 Å². The van der Waals surface area contributed by atoms with Crippen LogP contribution in [-0.4, -0.2) is 17.9 Å². The zero-order chi connectivity index (χ0) is 13.3. The number of fused-ring (bicyclic) bond motifs is 1. The molecule has 1 unspecified atom stereocenters. The molecule has 0 aliphatic heterocycles. The number of nitrogens with zero attached hydrogens (tertiary/aromatic N) is 1. The average Bonchev–Trinajstić information content (AvgIpc) is 2.36. The predicted octanol–water partition coefficient (Wildman–Crippen LogP) is 3.49. The lowest BCUT2D eigenvalue weighted by atomic mass is 9.85. The summed E-state index contributed by atoms with van der Waals surface area (Å²) in [5.41, 5.74) is 4.06. The molecule has 1 amide bonds. The molecule has 0 heterocycles. The maximum absolute atomic E-state index is 12.2. The van der Waals surface area contributed by atoms with E-state index < -0.39 is 0 Å². The molecule has 0 aromatic heterocycles. The van der Waals surface area contributed by atoms with Crippen molar-refractivity contribution in [3.05, 3.63) is 34.9 Å². The Labute approximate surface area is 110 Å². The minimum atomic E-state index is 0.0742. The van der Waals surface area contributed by atoms with Crippen LogP contribution in [0.25, 0.3) is 0 Å². The number of carbonyl (C=O) groups is 1. The van der Waals surface area contributed by atoms with Gasteiger partial charge in [-0.1, -0.05) is 37.6 Å². The van der Waals surface area contributed by atoms with Gasteiger partial charge in [0.1, 0.15) is 0 Å². The van der Waals surface area contributed by atoms with Gasteiger partial charge in [-0.25, -0.2) is 0 Å². The van der Waals surface area contributed by atoms with Gasteiger partial charge in [-0.2, -0.15) is 0 Å². The van der Waals surface area contributed by atoms with Crippen LogP contribution in [0.1, 0.15) is 49.4 Å². The summed E-state index contributed by atoms with van der Waals surface area (Å²) in [6.45, 7) is 6.06. The van der Waals surface area contributed by atoms with Gasteiger partial charge in [-0.15, -0.1) is 0 Å². The highest BCUT2D eigenvalue weighted by Gasteiger charge is 2.27. The van der Waals surface area contributed by atoms with E-state index in [-0.39, 0.29) is 17.9 Å². The van der Waals surface area contributed by atoms with E-state index in [9.17, 15) is 4.79 Å². The zero-order valence-electron chi connectivity index (χ0n) is 11.9. The number of aryl methyl sites for hydroxylation is 2. The van der Waals surface area contributed by atoms with Crippen LogP contribution < -0.4 is 0 Å². The van der Waals surface area contributed by atoms with Crippen LogP contribution in [0.3, 0.4) is 0 Å². The monoisotopic (exact) mass is 245 g/mol. The third-order valence-electron chi connectivity index (χ3n) is 3.89. The first-order chi connectivity index (χ1) is 8.50. The Morgan fingerprint density at radius 3 is 2.78 bits per heavy atom. The Balaban J connectivity index is 2.32. The first-order valence-corrected chi connectivity index (χ1v) is 6.87. The summed E-state index contributed by atoms with van der Waals surface area (Å²) in [5, 5.41) is 0. The second-order valence-electron chi connectivity index (χ2n) is 5.71. The zero-order valence-corrected chi connectivity index (χ0v) is 11.9. The molecule has 2 rings (SSSR count). The van der Waals surface area contributed by atoms with Gasteiger partial charge >= 0.3 is 0 Å². The summed E-state index contributed by atoms with van der Waals surface area (Å²) in [6, 6.07) is 6.92. The van der Waals surface area contributed by atoms with E-state index in [1.165, 1.54) is 23.1 Å². The molecule has 18 heavy (non-hydrogen) atoms. The fraction of sp³-hybridized carbons (Fsp3) is 0.562. The van der Waals surface area contributed by atoms with Gasteiger partial charge < -0.3 is 4.90 Å². The average molecular weight is 245 g/mol. The number of amides is 1. The summed E-state index contributed by atoms with van der Waals surface area (Å²) in [5.74, 6) is 0.319. The molecule has 0 N–H and O–H groups in total. The third kappa shape index (κ3) is 2.43. The highest BCUT2D eigenvalue weighted by molar-refractivity contribution is 5.78. The van der Waals surface area contributed by atoms with Crippen LogP contribution in [0.5, 0.6) is 0 Å². The molecule has 2 heteroatoms. The van der Waals surface area contributed by atoms with Crippen LogP contribution in [0.4, 0.5) is 0 Å². The number of carbonyl (C=O) groups excluding carboxylic acids is 1. The van der Waals surface area contributed by atoms with Crippen molar-refractivity contribution in [1.82, 2.24) is 4.90 Å². The lowest BCUT2D eigenvalue weighted by molar-refractivity contribution is -0.135. The molecule has 0 bridgehead atoms. The molecule has 1 aliphatic carbocycles. The first-order valence-electron chi connectivity index (χ1n) is 6.87. The molecule has 1 atom stereocenters. The van der Waals surface area contributed by atoms with Crippen molar-refractivity contribution in [3.63, 3.8) is 0 Å². The van der Waals surface area contributed by atoms with Gasteiger partial charge in [0.25, 0.3) is 0 Å². The second-order valence-corrected chi connectivity index (χ2v) is 5.71. The van der Waals surface area contributed by atoms with Gasteiger partial charge in [0.05, 0.1) is 6.04 Å². The molecule has 1 aromatic rings. The molecule has 0 saturated carbocycles. The van der Waals surface area contributed by atoms with Gasteiger partial charge in [0, 0.05) is 13.0 Å². The van der Waals surface area contributed by atoms with Crippen molar-refractivity contribution >= 4 is 5.91 Å². The quantitative estimate of drug-likeness (QED) is 0.781. The highest BCUT2D eigenvalue weighted by Crippen LogP contribution is 2.34. The third-order valence-corrected chi connectivity index (χ3v) is 3.89. The Hall–Kier alpha value is -1.31. The number of rotatable bonds is 2. The highest BCUT2D eigenvalue weighted by atomic mass is 16.2. The van der Waals surface area contributed by atoms with Crippen LogP contribution in [-0.2, 0) is 11.2 Å². The molecular formula is C16H23NO. The predicted molar refractivity (Wildman–Crippen MR) is 74.5 cm³/mol. The Morgan fingerprint density at radius 1 is 1.39 bits per heavy atom. The molecule has 0 fully saturated rings. The summed E-state index contributed by atoms with van der Waals surface area (Å²) >= 11 is 0. The topological polar surface area (TPSA) is 20.3 Å². The first kappa shape index (κ1) is 13.1. The molecule has 0 radical (unpaired) electrons. The number of hydrogen-bond donors (Lipinski definition) is 0. The van der Waals surface area contributed by atoms with E-state index in [1.54, 1.807) is 0 Å². The lowest BCUT2D eigenvalue weighted by Gasteiger charge is -2.34. The minimum Gasteiger partial charge on any atom is -0.338 e. The van der Waals surface area contributed by atoms with Gasteiger partial charge in [0.2, 0.25) is 5.91 Å². The maximum Gasteiger partial charge on any atom is 0.225 e. The molecule has 2 nitrogen and oxygen atoms in total. The summed E-state index contributed by atoms with van der Waals surface area (Å²) in [4.78, 5) is 14.1. The lowest BCUT2D eigenvalue weighted by Crippen LogP contribution is -2.35. The fourth-order valence-corrected chi connectivity index (χ4v) is 2.86. The minimum absolute atomic E-state index is 0.0742. The van der Waals surface area contributed by atoms with Crippen molar-refractivity contribution in [2.24, 2.45) is 5.92 Å². The van der Waals surface area contributed by atoms with E-state index >= 15 is 0 Å². The van der Waals surface area contributed by atoms with E-state index in [0.29, 0.717) is 0 Å². The Kier molecular flexibility index (Phi) is 3.74. The normalized spacial score (nSPS) is 18.6. The van der Waals surface area contributed by atoms with Crippen molar-refractivity contribution in [2.45, 2.75) is 46.1 Å². The molecule has 1 aliphatic rings. The smallest absolute Gasteiger partial charge is 0.225 e. The van der Waals surface area contributed by atoms with Crippen LogP contribution in [0.15, 0.2) is 18.2 Å². The maximum atomic E-state index is 12.2. The summed E-state index contributed by atoms with van der Waals surface area (Å²) < 4.78 is 0. The van der Waals surface area contributed by atoms with Crippen molar-refractivity contribution in [3.8, 4) is 0 Å². The Bertz CT molecular complexity index is 450. The van der Waals surface area contributed by atoms with Crippen LogP contribution >= 0.6 is 0 Å². The molecular weight excluding hydrogens is 222 g/mol. The number of benzene rings is 1. The Morgan fingerprint density at radius 2 is 2.11 bits per heavy atom. The SMILES string of the molecule is Cc1ccc2c(c1)C(N(C)C(=O)C(C)C)CCC2. The van der Waals surface area contributed by atoms with Crippen LogP contribution in [0, 0.1) is 12.8 Å². The molecule has 0 spiro atoms. The summed E-state index contributed by atoms with van der Waals surface area (Å²) in [7, 11) is 1.95. The van der Waals surface area contributed by atoms with Crippen molar-refractivity contribution < 1.29 is 4.79 Å². The van der Waals surface area contributed by atoms with Crippen molar-refractivity contribution in [2.75, 3.05) is 7.05 Å². The molecule has 98 valence electrons. The molecule has 0 saturated heterocycles. The molecule has 1 aromatic carbocycles. The van der Waals surface area contributed by atoms with Crippen molar-refractivity contribution in [1.29, 1.82) is 0 Å². The van der Waals surface area contributed by atoms with Gasteiger partial charge in [0.15, 0.2) is 0 Å². The van der Waals surface area contributed by atoms with E-state index in [2.05, 4.69) is 25.1 Å². The second kappa shape index (κ2) is 5.13. The van der Waals surface area contributed by atoms with Gasteiger partial charge in [-0.3, -0.25) is 4.79 Å².